The molecule has 1 aliphatic heterocycles. The normalized spacial score (nSPS) is 23.9. The first kappa shape index (κ1) is 9.09. The zero-order valence-corrected chi connectivity index (χ0v) is 7.98. The minimum atomic E-state index is -4.10. The molecule has 0 aromatic carbocycles. The van der Waals surface area contributed by atoms with Crippen LogP contribution in [-0.2, 0) is 14.6 Å². The predicted octanol–water partition coefficient (Wildman–Crippen LogP) is -0.780. The molecule has 14 heavy (non-hydrogen) atoms. The first-order chi connectivity index (χ1) is 6.41. The average Bonchev–Trinajstić information content (AvgIpc) is 2.28. The van der Waals surface area contributed by atoms with E-state index >= 15 is 0 Å². The van der Waals surface area contributed by atoms with E-state index in [9.17, 15) is 8.42 Å². The van der Waals surface area contributed by atoms with Gasteiger partial charge in [-0.15, -0.1) is 5.10 Å². The second-order valence-electron chi connectivity index (χ2n) is 2.74. The Balaban J connectivity index is 2.63. The van der Waals surface area contributed by atoms with E-state index in [4.69, 9.17) is 11.5 Å². The minimum absolute atomic E-state index is 0.0104. The molecule has 2 heterocycles. The first-order valence-corrected chi connectivity index (χ1v) is 5.00. The molecule has 4 N–H and O–H groups in total. The van der Waals surface area contributed by atoms with E-state index in [0.717, 1.165) is 4.68 Å². The van der Waals surface area contributed by atoms with Gasteiger partial charge in [-0.05, 0) is 6.92 Å². The molecule has 1 aromatic rings. The summed E-state index contributed by atoms with van der Waals surface area (Å²) < 4.78 is 32.2. The summed E-state index contributed by atoms with van der Waals surface area (Å²) in [6, 6.07) is 0. The molecule has 0 saturated carbocycles. The van der Waals surface area contributed by atoms with Gasteiger partial charge in [0.25, 0.3) is 5.88 Å². The van der Waals surface area contributed by atoms with Crippen LogP contribution in [0.3, 0.4) is 0 Å². The summed E-state index contributed by atoms with van der Waals surface area (Å²) in [6.07, 6.45) is -0.876. The van der Waals surface area contributed by atoms with Crippen LogP contribution in [0.15, 0.2) is 0 Å². The van der Waals surface area contributed by atoms with Crippen LogP contribution in [0.2, 0.25) is 0 Å². The second kappa shape index (κ2) is 2.51. The van der Waals surface area contributed by atoms with E-state index in [1.54, 1.807) is 0 Å². The zero-order valence-electron chi connectivity index (χ0n) is 7.17. The van der Waals surface area contributed by atoms with Crippen molar-refractivity contribution in [1.29, 1.82) is 0 Å². The van der Waals surface area contributed by atoms with E-state index in [2.05, 4.69) is 13.5 Å². The van der Waals surface area contributed by atoms with Crippen LogP contribution in [0.4, 0.5) is 11.5 Å². The molecule has 2 rings (SSSR count). The SMILES string of the molecule is CC1OS(=O)(=O)Oc2nn1c(N)c2N. The van der Waals surface area contributed by atoms with E-state index in [-0.39, 0.29) is 17.4 Å². The molecule has 78 valence electrons. The molecule has 2 bridgehead atoms. The number of fused-ring (bicyclic) bond motifs is 2. The molecule has 0 amide bonds. The summed E-state index contributed by atoms with van der Waals surface area (Å²) in [4.78, 5) is 0. The third-order valence-corrected chi connectivity index (χ3v) is 2.61. The number of rotatable bonds is 0. The maximum atomic E-state index is 11.1. The molecule has 1 unspecified atom stereocenters. The standard InChI is InChI=1S/C5H8N4O4S/c1-2-9-4(7)3(6)5(8-9)13-14(10,11)12-2/h2H,6-7H2,1H3. The van der Waals surface area contributed by atoms with Gasteiger partial charge >= 0.3 is 10.4 Å². The Labute approximate surface area is 79.7 Å². The molecule has 0 fully saturated rings. The number of aromatic nitrogens is 2. The van der Waals surface area contributed by atoms with Crippen molar-refractivity contribution >= 4 is 21.9 Å². The van der Waals surface area contributed by atoms with Crippen LogP contribution < -0.4 is 15.7 Å². The molecule has 0 radical (unpaired) electrons. The van der Waals surface area contributed by atoms with Crippen molar-refractivity contribution in [2.24, 2.45) is 0 Å². The molecule has 0 spiro atoms. The van der Waals surface area contributed by atoms with Gasteiger partial charge in [-0.2, -0.15) is 8.42 Å². The van der Waals surface area contributed by atoms with Crippen molar-refractivity contribution < 1.29 is 16.8 Å². The lowest BCUT2D eigenvalue weighted by Gasteiger charge is -2.12. The summed E-state index contributed by atoms with van der Waals surface area (Å²) in [7, 11) is -4.10. The summed E-state index contributed by atoms with van der Waals surface area (Å²) in [5.74, 6) is -0.144. The topological polar surface area (TPSA) is 122 Å². The highest BCUT2D eigenvalue weighted by Gasteiger charge is 2.31. The maximum absolute atomic E-state index is 11.1. The minimum Gasteiger partial charge on any atom is -0.391 e. The van der Waals surface area contributed by atoms with Gasteiger partial charge in [-0.1, -0.05) is 0 Å². The van der Waals surface area contributed by atoms with Crippen molar-refractivity contribution in [3.8, 4) is 5.88 Å². The summed E-state index contributed by atoms with van der Waals surface area (Å²) in [6.45, 7) is 1.46. The highest BCUT2D eigenvalue weighted by Crippen LogP contribution is 2.33. The van der Waals surface area contributed by atoms with Crippen molar-refractivity contribution in [1.82, 2.24) is 9.78 Å². The van der Waals surface area contributed by atoms with Crippen molar-refractivity contribution in [2.75, 3.05) is 11.5 Å². The fourth-order valence-electron chi connectivity index (χ4n) is 1.10. The average molecular weight is 220 g/mol. The van der Waals surface area contributed by atoms with Gasteiger partial charge in [0.15, 0.2) is 12.0 Å². The van der Waals surface area contributed by atoms with E-state index in [1.807, 2.05) is 0 Å². The number of nitrogens with two attached hydrogens (primary N) is 2. The van der Waals surface area contributed by atoms with Gasteiger partial charge in [0.2, 0.25) is 0 Å². The third-order valence-electron chi connectivity index (χ3n) is 1.73. The smallest absolute Gasteiger partial charge is 0.391 e. The van der Waals surface area contributed by atoms with Crippen molar-refractivity contribution in [3.63, 3.8) is 0 Å². The number of anilines is 2. The van der Waals surface area contributed by atoms with E-state index in [1.165, 1.54) is 6.92 Å². The largest absolute Gasteiger partial charge is 0.452 e. The van der Waals surface area contributed by atoms with Crippen LogP contribution in [0.5, 0.6) is 5.88 Å². The Morgan fingerprint density at radius 3 is 2.79 bits per heavy atom. The van der Waals surface area contributed by atoms with Crippen molar-refractivity contribution in [2.45, 2.75) is 13.2 Å². The molecule has 1 atom stereocenters. The first-order valence-electron chi connectivity index (χ1n) is 3.67. The molecule has 1 aliphatic rings. The van der Waals surface area contributed by atoms with Gasteiger partial charge in [0.1, 0.15) is 5.69 Å². The van der Waals surface area contributed by atoms with Crippen LogP contribution in [-0.4, -0.2) is 18.2 Å². The van der Waals surface area contributed by atoms with E-state index < -0.39 is 16.6 Å². The molecule has 0 saturated heterocycles. The fraction of sp³-hybridized carbons (Fsp3) is 0.400. The fourth-order valence-corrected chi connectivity index (χ4v) is 1.88. The van der Waals surface area contributed by atoms with Gasteiger partial charge in [-0.25, -0.2) is 8.86 Å². The lowest BCUT2D eigenvalue weighted by Crippen LogP contribution is -2.19. The lowest BCUT2D eigenvalue weighted by molar-refractivity contribution is 0.141. The number of hydrogen-bond acceptors (Lipinski definition) is 7. The Hall–Kier alpha value is -1.48. The summed E-state index contributed by atoms with van der Waals surface area (Å²) in [5, 5.41) is 3.73. The van der Waals surface area contributed by atoms with Crippen molar-refractivity contribution in [3.05, 3.63) is 0 Å². The van der Waals surface area contributed by atoms with Gasteiger partial charge in [0, 0.05) is 0 Å². The summed E-state index contributed by atoms with van der Waals surface area (Å²) in [5.41, 5.74) is 11.0. The van der Waals surface area contributed by atoms with Gasteiger partial charge in [0.05, 0.1) is 0 Å². The lowest BCUT2D eigenvalue weighted by atomic mass is 10.5. The van der Waals surface area contributed by atoms with E-state index in [0.29, 0.717) is 0 Å². The quantitative estimate of drug-likeness (QED) is 0.587. The predicted molar refractivity (Wildman–Crippen MR) is 46.4 cm³/mol. The number of nitrogens with zero attached hydrogens (tertiary/aromatic N) is 2. The molecule has 8 nitrogen and oxygen atoms in total. The monoisotopic (exact) mass is 220 g/mol. The Bertz CT molecular complexity index is 478. The molecular formula is C5H8N4O4S. The molecule has 9 heteroatoms. The summed E-state index contributed by atoms with van der Waals surface area (Å²) >= 11 is 0. The van der Waals surface area contributed by atoms with Gasteiger partial charge in [-0.3, -0.25) is 0 Å². The van der Waals surface area contributed by atoms with Crippen LogP contribution in [0.25, 0.3) is 0 Å². The van der Waals surface area contributed by atoms with Crippen LogP contribution in [0.1, 0.15) is 13.2 Å². The Kier molecular flexibility index (Phi) is 1.63. The molecular weight excluding hydrogens is 212 g/mol. The number of hydrogen-bond donors (Lipinski definition) is 2. The second-order valence-corrected chi connectivity index (χ2v) is 3.91. The molecule has 0 aliphatic carbocycles. The highest BCUT2D eigenvalue weighted by atomic mass is 32.3. The zero-order chi connectivity index (χ0) is 10.5. The van der Waals surface area contributed by atoms with Gasteiger partial charge < -0.3 is 15.7 Å². The van der Waals surface area contributed by atoms with Crippen LogP contribution in [0, 0.1) is 0 Å². The molecule has 1 aromatic heterocycles. The Morgan fingerprint density at radius 1 is 1.50 bits per heavy atom. The van der Waals surface area contributed by atoms with Crippen LogP contribution >= 0.6 is 0 Å². The highest BCUT2D eigenvalue weighted by molar-refractivity contribution is 7.82. The number of nitrogen functional groups attached to an aromatic ring is 2. The maximum Gasteiger partial charge on any atom is 0.452 e. The Morgan fingerprint density at radius 2 is 2.14 bits per heavy atom. The third kappa shape index (κ3) is 1.17.